The van der Waals surface area contributed by atoms with Crippen molar-refractivity contribution in [1.82, 2.24) is 64.3 Å². The number of nitrogens with zero attached hydrogens (tertiary/aromatic N) is 11. The summed E-state index contributed by atoms with van der Waals surface area (Å²) in [5, 5.41) is 16.6. The fourth-order valence-corrected chi connectivity index (χ4v) is 10.3. The number of allylic oxidation sites excluding steroid dienone is 2. The first-order chi connectivity index (χ1) is 44.5. The molecule has 1 aliphatic heterocycles. The van der Waals surface area contributed by atoms with Crippen LogP contribution in [0.5, 0.6) is 11.5 Å². The van der Waals surface area contributed by atoms with E-state index in [1.807, 2.05) is 30.6 Å². The highest BCUT2D eigenvalue weighted by Gasteiger charge is 2.30. The van der Waals surface area contributed by atoms with E-state index in [9.17, 15) is 43.2 Å². The number of rotatable bonds is 28. The minimum Gasteiger partial charge on any atom is -0.495 e. The topological polar surface area (TPSA) is 393 Å². The van der Waals surface area contributed by atoms with Crippen LogP contribution in [0, 0.1) is 19.8 Å². The summed E-state index contributed by atoms with van der Waals surface area (Å²) in [6, 6.07) is 10.7. The van der Waals surface area contributed by atoms with Crippen molar-refractivity contribution >= 4 is 98.0 Å². The SMILES string of the molecule is CCc1nc(C)oc1C(=O)Nc1nc2cc(C(N)=O)cc(OCCCN(C)C(=O)OCc3ccc(NC(=O)[C@H](C)NC(=O)[C@@H](NC(=O)CCN4C(=O)C=CC4=O)C(C)C)cc3)c2n1C/C=C/Cn1c2nc(-c3nc(C)nn3CC)ncc2c2cc(C(N)=O)cc(OC)c21. The normalized spacial score (nSPS) is 12.9. The van der Waals surface area contributed by atoms with Gasteiger partial charge in [-0.2, -0.15) is 5.10 Å². The Balaban J connectivity index is 0.865. The van der Waals surface area contributed by atoms with Crippen LogP contribution in [0.2, 0.25) is 0 Å². The van der Waals surface area contributed by atoms with Gasteiger partial charge in [0.15, 0.2) is 17.5 Å². The quantitative estimate of drug-likeness (QED) is 0.0213. The van der Waals surface area contributed by atoms with E-state index in [-0.39, 0.29) is 92.3 Å². The van der Waals surface area contributed by atoms with Gasteiger partial charge in [-0.25, -0.2) is 34.4 Å². The molecular weight excluding hydrogens is 1200 g/mol. The van der Waals surface area contributed by atoms with E-state index in [2.05, 4.69) is 41.3 Å². The first kappa shape index (κ1) is 66.1. The third-order valence-corrected chi connectivity index (χ3v) is 15.1. The highest BCUT2D eigenvalue weighted by atomic mass is 16.6. The van der Waals surface area contributed by atoms with Crippen molar-refractivity contribution in [3.8, 4) is 23.1 Å². The van der Waals surface area contributed by atoms with E-state index in [0.717, 1.165) is 17.1 Å². The van der Waals surface area contributed by atoms with Gasteiger partial charge in [-0.3, -0.25) is 48.6 Å². The fourth-order valence-electron chi connectivity index (χ4n) is 10.3. The van der Waals surface area contributed by atoms with E-state index < -0.39 is 65.4 Å². The van der Waals surface area contributed by atoms with Gasteiger partial charge in [0.2, 0.25) is 41.2 Å². The monoisotopic (exact) mass is 1270 g/mol. The molecule has 8 aromatic rings. The number of amides is 9. The van der Waals surface area contributed by atoms with Gasteiger partial charge < -0.3 is 60.1 Å². The van der Waals surface area contributed by atoms with Gasteiger partial charge in [-0.1, -0.05) is 45.1 Å². The average Bonchev–Trinajstić information content (AvgIpc) is 1.61. The van der Waals surface area contributed by atoms with Crippen LogP contribution < -0.4 is 42.2 Å². The second kappa shape index (κ2) is 28.7. The Morgan fingerprint density at radius 1 is 0.796 bits per heavy atom. The van der Waals surface area contributed by atoms with Gasteiger partial charge in [0, 0.05) is 99.1 Å². The van der Waals surface area contributed by atoms with Crippen molar-refractivity contribution in [2.75, 3.05) is 44.5 Å². The molecule has 30 heteroatoms. The number of aryl methyl sites for hydroxylation is 4. The largest absolute Gasteiger partial charge is 0.495 e. The Hall–Kier alpha value is -11.3. The second-order valence-corrected chi connectivity index (χ2v) is 22.1. The number of aromatic nitrogens is 9. The molecule has 1 aliphatic rings. The van der Waals surface area contributed by atoms with Crippen LogP contribution in [0.4, 0.5) is 16.4 Å². The van der Waals surface area contributed by atoms with Gasteiger partial charge >= 0.3 is 6.09 Å². The Kier molecular flexibility index (Phi) is 20.4. The molecule has 6 heterocycles. The molecule has 8 N–H and O–H groups in total. The maximum Gasteiger partial charge on any atom is 0.409 e. The van der Waals surface area contributed by atoms with Crippen LogP contribution in [0.25, 0.3) is 44.6 Å². The van der Waals surface area contributed by atoms with Crippen molar-refractivity contribution in [3.63, 3.8) is 0 Å². The molecule has 3 aromatic carbocycles. The predicted octanol–water partition coefficient (Wildman–Crippen LogP) is 5.03. The second-order valence-electron chi connectivity index (χ2n) is 22.1. The Labute approximate surface area is 532 Å². The van der Waals surface area contributed by atoms with Crippen LogP contribution in [0.15, 0.2) is 83.4 Å². The molecule has 2 atom stereocenters. The van der Waals surface area contributed by atoms with Crippen molar-refractivity contribution in [3.05, 3.63) is 119 Å². The van der Waals surface area contributed by atoms with E-state index in [4.69, 9.17) is 40.1 Å². The molecule has 0 bridgehead atoms. The zero-order chi connectivity index (χ0) is 66.9. The summed E-state index contributed by atoms with van der Waals surface area (Å²) in [7, 11) is 3.04. The Morgan fingerprint density at radius 2 is 1.48 bits per heavy atom. The zero-order valence-electron chi connectivity index (χ0n) is 52.7. The molecule has 0 aliphatic carbocycles. The van der Waals surface area contributed by atoms with Crippen LogP contribution >= 0.6 is 0 Å². The lowest BCUT2D eigenvalue weighted by molar-refractivity contribution is -0.137. The molecule has 93 heavy (non-hydrogen) atoms. The number of methoxy groups -OCH3 is 1. The molecule has 9 amide bonds. The van der Waals surface area contributed by atoms with Crippen molar-refractivity contribution in [2.24, 2.45) is 17.4 Å². The first-order valence-electron chi connectivity index (χ1n) is 29.9. The summed E-state index contributed by atoms with van der Waals surface area (Å²) in [4.78, 5) is 141. The first-order valence-corrected chi connectivity index (χ1v) is 29.9. The lowest BCUT2D eigenvalue weighted by Crippen LogP contribution is -2.54. The summed E-state index contributed by atoms with van der Waals surface area (Å²) >= 11 is 0. The summed E-state index contributed by atoms with van der Waals surface area (Å²) < 4.78 is 28.9. The molecule has 0 saturated heterocycles. The minimum absolute atomic E-state index is 0.00102. The number of benzene rings is 3. The van der Waals surface area contributed by atoms with Crippen LogP contribution in [-0.4, -0.2) is 153 Å². The number of ether oxygens (including phenoxy) is 3. The third kappa shape index (κ3) is 15.0. The lowest BCUT2D eigenvalue weighted by atomic mass is 10.0. The Bertz CT molecular complexity index is 4290. The molecule has 486 valence electrons. The molecule has 0 radical (unpaired) electrons. The number of anilines is 2. The van der Waals surface area contributed by atoms with Crippen LogP contribution in [0.1, 0.15) is 102 Å². The summed E-state index contributed by atoms with van der Waals surface area (Å²) in [5.74, 6) is -2.92. The molecule has 30 nitrogen and oxygen atoms in total. The van der Waals surface area contributed by atoms with Crippen molar-refractivity contribution in [1.29, 1.82) is 0 Å². The van der Waals surface area contributed by atoms with Crippen molar-refractivity contribution in [2.45, 2.75) is 106 Å². The molecular formula is C63H71N17O13. The summed E-state index contributed by atoms with van der Waals surface area (Å²) in [6.07, 6.45) is 7.43. The maximum atomic E-state index is 14.0. The van der Waals surface area contributed by atoms with Gasteiger partial charge in [0.25, 0.3) is 17.7 Å². The number of carbonyl (C=O) groups excluding carboxylic acids is 9. The number of carbonyl (C=O) groups is 9. The fraction of sp³-hybridized carbons (Fsp3) is 0.349. The van der Waals surface area contributed by atoms with E-state index in [1.165, 1.54) is 31.1 Å². The van der Waals surface area contributed by atoms with Gasteiger partial charge in [-0.15, -0.1) is 0 Å². The highest BCUT2D eigenvalue weighted by molar-refractivity contribution is 6.13. The smallest absolute Gasteiger partial charge is 0.409 e. The van der Waals surface area contributed by atoms with Gasteiger partial charge in [0.1, 0.15) is 47.2 Å². The number of nitrogens with two attached hydrogens (primary N) is 2. The number of hydrogen-bond acceptors (Lipinski definition) is 19. The number of imidazole rings is 1. The zero-order valence-corrected chi connectivity index (χ0v) is 52.7. The van der Waals surface area contributed by atoms with E-state index in [1.54, 1.807) is 86.6 Å². The number of fused-ring (bicyclic) bond motifs is 4. The number of nitrogens with one attached hydrogen (secondary N) is 4. The molecule has 5 aromatic heterocycles. The van der Waals surface area contributed by atoms with Crippen molar-refractivity contribution < 1.29 is 61.8 Å². The molecule has 0 saturated carbocycles. The van der Waals surface area contributed by atoms with E-state index >= 15 is 0 Å². The third-order valence-electron chi connectivity index (χ3n) is 15.1. The van der Waals surface area contributed by atoms with Gasteiger partial charge in [-0.05, 0) is 81.5 Å². The van der Waals surface area contributed by atoms with E-state index in [0.29, 0.717) is 86.5 Å². The average molecular weight is 1270 g/mol. The number of primary amides is 2. The van der Waals surface area contributed by atoms with Crippen LogP contribution in [0.3, 0.4) is 0 Å². The lowest BCUT2D eigenvalue weighted by Gasteiger charge is -2.24. The molecule has 9 rings (SSSR count). The number of oxazole rings is 1. The molecule has 0 unspecified atom stereocenters. The Morgan fingerprint density at radius 3 is 2.15 bits per heavy atom. The summed E-state index contributed by atoms with van der Waals surface area (Å²) in [6.45, 7) is 12.8. The standard InChI is InChI=1S/C63H71N17O13/c1-10-43-53(93-36(7)69-43)61(88)74-62-71-44-28-39(55(65)85)30-46(52(44)79(62)24-13-12-23-78-51-41(27-38(54(64)84)29-45(51)90-9)42-31-66-56(73-57(42)78)58-68-35(6)75-80(58)11-2)91-26-14-22-76(8)63(89)92-32-37-15-17-40(18-16-37)70-59(86)34(5)67-60(87)50(33(3)4)72-47(81)21-25-77-48(82)19-20-49(77)83/h12-13,15-20,27-31,33-34,50H,10-11,14,21-26,32H2,1-9H3,(H2,64,84)(H2,65,85)(H,67,87)(H,70,86)(H,72,81)(H,71,74,88)/b13-12+/t34-,50-/m0/s1. The maximum absolute atomic E-state index is 14.0. The van der Waals surface area contributed by atoms with Gasteiger partial charge in [0.05, 0.1) is 30.4 Å². The van der Waals surface area contributed by atoms with Crippen LogP contribution in [-0.2, 0) is 61.4 Å². The molecule has 0 fully saturated rings. The highest BCUT2D eigenvalue weighted by Crippen LogP contribution is 2.37. The molecule has 0 spiro atoms. The summed E-state index contributed by atoms with van der Waals surface area (Å²) in [5.41, 5.74) is 15.1. The number of imide groups is 1. The predicted molar refractivity (Wildman–Crippen MR) is 338 cm³/mol. The minimum atomic E-state index is -1.02. The number of hydrogen-bond donors (Lipinski definition) is 6.